The number of carbonyl (C=O) groups excluding carboxylic acids is 1. The van der Waals surface area contributed by atoms with Gasteiger partial charge >= 0.3 is 5.69 Å². The van der Waals surface area contributed by atoms with E-state index in [2.05, 4.69) is 25.7 Å². The van der Waals surface area contributed by atoms with Crippen LogP contribution in [0.3, 0.4) is 0 Å². The summed E-state index contributed by atoms with van der Waals surface area (Å²) in [4.78, 5) is 37.9. The number of aromatic amines is 2. The van der Waals surface area contributed by atoms with Gasteiger partial charge in [0, 0.05) is 10.6 Å². The lowest BCUT2D eigenvalue weighted by Crippen LogP contribution is -2.28. The summed E-state index contributed by atoms with van der Waals surface area (Å²) in [6, 6.07) is 15.9. The molecule has 0 saturated heterocycles. The second kappa shape index (κ2) is 9.16. The maximum atomic E-state index is 12.7. The highest BCUT2D eigenvalue weighted by Gasteiger charge is 2.24. The van der Waals surface area contributed by atoms with Crippen LogP contribution < -0.4 is 16.7 Å². The van der Waals surface area contributed by atoms with Crippen LogP contribution in [-0.4, -0.2) is 27.3 Å². The summed E-state index contributed by atoms with van der Waals surface area (Å²) in [6.07, 6.45) is 1.43. The maximum absolute atomic E-state index is 12.7. The summed E-state index contributed by atoms with van der Waals surface area (Å²) in [6.45, 7) is 0. The predicted molar refractivity (Wildman–Crippen MR) is 108 cm³/mol. The number of carbonyl (C=O) groups is 1. The highest BCUT2D eigenvalue weighted by Crippen LogP contribution is 2.32. The summed E-state index contributed by atoms with van der Waals surface area (Å²) < 4.78 is 0. The van der Waals surface area contributed by atoms with Gasteiger partial charge in [-0.05, 0) is 11.6 Å². The number of nitrogens with one attached hydrogen (secondary N) is 3. The first-order chi connectivity index (χ1) is 13.5. The van der Waals surface area contributed by atoms with E-state index in [1.165, 1.54) is 6.21 Å². The number of aromatic nitrogens is 3. The SMILES string of the molecule is O=C(N/N=C\c1ccccc1Cl)C(Sc1n[nH]c(=O)[nH]c1=O)c1ccccc1. The molecule has 0 radical (unpaired) electrons. The van der Waals surface area contributed by atoms with Gasteiger partial charge < -0.3 is 0 Å². The van der Waals surface area contributed by atoms with Crippen molar-refractivity contribution in [2.75, 3.05) is 0 Å². The van der Waals surface area contributed by atoms with Gasteiger partial charge in [0.05, 0.1) is 6.21 Å². The molecule has 10 heteroatoms. The highest BCUT2D eigenvalue weighted by atomic mass is 35.5. The molecule has 1 amide bonds. The van der Waals surface area contributed by atoms with E-state index in [-0.39, 0.29) is 5.03 Å². The normalized spacial score (nSPS) is 12.0. The minimum atomic E-state index is -0.816. The molecule has 1 aromatic heterocycles. The zero-order valence-electron chi connectivity index (χ0n) is 14.3. The number of rotatable bonds is 6. The second-order valence-electron chi connectivity index (χ2n) is 5.48. The lowest BCUT2D eigenvalue weighted by Gasteiger charge is -2.14. The number of hydrazone groups is 1. The average molecular weight is 416 g/mol. The number of thioether (sulfide) groups is 1. The zero-order chi connectivity index (χ0) is 19.9. The lowest BCUT2D eigenvalue weighted by atomic mass is 10.1. The number of benzene rings is 2. The highest BCUT2D eigenvalue weighted by molar-refractivity contribution is 8.00. The third kappa shape index (κ3) is 4.96. The monoisotopic (exact) mass is 415 g/mol. The van der Waals surface area contributed by atoms with Crippen LogP contribution in [-0.2, 0) is 4.79 Å². The number of hydrogen-bond acceptors (Lipinski definition) is 6. The van der Waals surface area contributed by atoms with Crippen molar-refractivity contribution in [1.82, 2.24) is 20.6 Å². The Hall–Kier alpha value is -3.17. The van der Waals surface area contributed by atoms with Crippen LogP contribution in [0.15, 0.2) is 74.3 Å². The van der Waals surface area contributed by atoms with E-state index in [0.29, 0.717) is 16.1 Å². The van der Waals surface area contributed by atoms with Crippen molar-refractivity contribution in [2.24, 2.45) is 5.10 Å². The standard InChI is InChI=1S/C18H14ClN5O3S/c19-13-9-5-4-8-12(13)10-20-22-15(25)14(11-6-2-1-3-7-11)28-17-16(26)21-18(27)24-23-17/h1-10,14H,(H,22,25)(H2,21,24,26,27)/b20-10-. The van der Waals surface area contributed by atoms with E-state index in [1.807, 2.05) is 6.07 Å². The van der Waals surface area contributed by atoms with Crippen molar-refractivity contribution >= 4 is 35.5 Å². The predicted octanol–water partition coefficient (Wildman–Crippen LogP) is 2.10. The first kappa shape index (κ1) is 19.6. The van der Waals surface area contributed by atoms with Crippen molar-refractivity contribution in [3.63, 3.8) is 0 Å². The first-order valence-electron chi connectivity index (χ1n) is 8.02. The molecule has 3 N–H and O–H groups in total. The van der Waals surface area contributed by atoms with E-state index in [9.17, 15) is 14.4 Å². The van der Waals surface area contributed by atoms with Gasteiger partial charge in [-0.25, -0.2) is 15.3 Å². The van der Waals surface area contributed by atoms with Crippen LogP contribution in [0.2, 0.25) is 5.02 Å². The molecule has 3 aromatic rings. The van der Waals surface area contributed by atoms with Gasteiger partial charge in [0.15, 0.2) is 5.03 Å². The van der Waals surface area contributed by atoms with E-state index in [1.54, 1.807) is 48.5 Å². The average Bonchev–Trinajstić information content (AvgIpc) is 2.69. The number of nitrogens with zero attached hydrogens (tertiary/aromatic N) is 2. The summed E-state index contributed by atoms with van der Waals surface area (Å²) in [7, 11) is 0. The molecule has 0 saturated carbocycles. The summed E-state index contributed by atoms with van der Waals surface area (Å²) in [5.41, 5.74) is 2.34. The number of H-pyrrole nitrogens is 2. The molecule has 0 spiro atoms. The van der Waals surface area contributed by atoms with Gasteiger partial charge in [0.2, 0.25) is 0 Å². The van der Waals surface area contributed by atoms with E-state index < -0.39 is 22.4 Å². The molecule has 1 heterocycles. The van der Waals surface area contributed by atoms with E-state index in [0.717, 1.165) is 11.8 Å². The third-order valence-corrected chi connectivity index (χ3v) is 5.10. The molecule has 0 bridgehead atoms. The minimum Gasteiger partial charge on any atom is -0.271 e. The van der Waals surface area contributed by atoms with Crippen molar-refractivity contribution in [3.05, 3.63) is 91.6 Å². The molecule has 1 unspecified atom stereocenters. The van der Waals surface area contributed by atoms with Crippen molar-refractivity contribution in [2.45, 2.75) is 10.3 Å². The zero-order valence-corrected chi connectivity index (χ0v) is 15.8. The molecule has 8 nitrogen and oxygen atoms in total. The molecule has 28 heavy (non-hydrogen) atoms. The molecule has 0 aliphatic rings. The lowest BCUT2D eigenvalue weighted by molar-refractivity contribution is -0.120. The van der Waals surface area contributed by atoms with E-state index >= 15 is 0 Å². The topological polar surface area (TPSA) is 120 Å². The quantitative estimate of drug-likeness (QED) is 0.323. The van der Waals surface area contributed by atoms with Crippen molar-refractivity contribution < 1.29 is 4.79 Å². The Kier molecular flexibility index (Phi) is 6.41. The smallest absolute Gasteiger partial charge is 0.271 e. The molecule has 0 aliphatic carbocycles. The van der Waals surface area contributed by atoms with Crippen molar-refractivity contribution in [1.29, 1.82) is 0 Å². The fraction of sp³-hybridized carbons (Fsp3) is 0.0556. The van der Waals surface area contributed by atoms with Crippen LogP contribution in [0.25, 0.3) is 0 Å². The van der Waals surface area contributed by atoms with Crippen molar-refractivity contribution in [3.8, 4) is 0 Å². The molecule has 3 rings (SSSR count). The fourth-order valence-corrected chi connectivity index (χ4v) is 3.35. The van der Waals surface area contributed by atoms with Gasteiger partial charge in [0.1, 0.15) is 5.25 Å². The van der Waals surface area contributed by atoms with Crippen LogP contribution >= 0.6 is 23.4 Å². The number of hydrogen-bond donors (Lipinski definition) is 3. The van der Waals surface area contributed by atoms with Crippen LogP contribution in [0, 0.1) is 0 Å². The molecular formula is C18H14ClN5O3S. The van der Waals surface area contributed by atoms with Gasteiger partial charge in [-0.1, -0.05) is 71.9 Å². The molecule has 2 aromatic carbocycles. The number of amides is 1. The van der Waals surface area contributed by atoms with Gasteiger partial charge in [-0.3, -0.25) is 14.6 Å². The molecule has 0 fully saturated rings. The Morgan fingerprint density at radius 2 is 1.86 bits per heavy atom. The fourth-order valence-electron chi connectivity index (χ4n) is 2.23. The maximum Gasteiger partial charge on any atom is 0.342 e. The largest absolute Gasteiger partial charge is 0.342 e. The Morgan fingerprint density at radius 3 is 2.57 bits per heavy atom. The summed E-state index contributed by atoms with van der Waals surface area (Å²) in [5, 5.41) is 9.44. The minimum absolute atomic E-state index is 0.0429. The van der Waals surface area contributed by atoms with E-state index in [4.69, 9.17) is 11.6 Å². The molecular weight excluding hydrogens is 402 g/mol. The summed E-state index contributed by atoms with van der Waals surface area (Å²) >= 11 is 6.95. The summed E-state index contributed by atoms with van der Waals surface area (Å²) in [5.74, 6) is -0.466. The van der Waals surface area contributed by atoms with Crippen LogP contribution in [0.1, 0.15) is 16.4 Å². The Balaban J connectivity index is 1.82. The van der Waals surface area contributed by atoms with Gasteiger partial charge in [-0.2, -0.15) is 10.2 Å². The molecule has 0 aliphatic heterocycles. The Morgan fingerprint density at radius 1 is 1.14 bits per heavy atom. The number of halogens is 1. The molecule has 142 valence electrons. The van der Waals surface area contributed by atoms with Gasteiger partial charge in [0.25, 0.3) is 11.5 Å². The van der Waals surface area contributed by atoms with Gasteiger partial charge in [-0.15, -0.1) is 0 Å². The van der Waals surface area contributed by atoms with Crippen LogP contribution in [0.4, 0.5) is 0 Å². The molecule has 1 atom stereocenters. The Labute approximate surface area is 168 Å². The third-order valence-electron chi connectivity index (χ3n) is 3.53. The Bertz CT molecular complexity index is 1110. The second-order valence-corrected chi connectivity index (χ2v) is 6.98. The first-order valence-corrected chi connectivity index (χ1v) is 9.28. The van der Waals surface area contributed by atoms with Crippen LogP contribution in [0.5, 0.6) is 0 Å².